The third kappa shape index (κ3) is 5.31. The lowest BCUT2D eigenvalue weighted by atomic mass is 10.0. The maximum absolute atomic E-state index is 6.25. The molecule has 2 atom stereocenters. The van der Waals surface area contributed by atoms with Crippen molar-refractivity contribution in [3.05, 3.63) is 33.8 Å². The van der Waals surface area contributed by atoms with E-state index in [0.717, 1.165) is 22.2 Å². The van der Waals surface area contributed by atoms with E-state index in [4.69, 9.17) is 23.2 Å². The van der Waals surface area contributed by atoms with Crippen LogP contribution in [0, 0.1) is 5.92 Å². The number of likely N-dealkylation sites (N-methyl/N-ethyl adjacent to an activating group) is 1. The Bertz CT molecular complexity index is 405. The molecule has 1 N–H and O–H groups in total. The van der Waals surface area contributed by atoms with Gasteiger partial charge in [-0.25, -0.2) is 0 Å². The first kappa shape index (κ1) is 16.8. The zero-order valence-electron chi connectivity index (χ0n) is 12.4. The van der Waals surface area contributed by atoms with Gasteiger partial charge in [-0.3, -0.25) is 0 Å². The number of rotatable bonds is 6. The Labute approximate surface area is 127 Å². The van der Waals surface area contributed by atoms with Gasteiger partial charge in [-0.1, -0.05) is 37.0 Å². The summed E-state index contributed by atoms with van der Waals surface area (Å²) in [5.41, 5.74) is 1.05. The zero-order chi connectivity index (χ0) is 14.6. The molecular weight excluding hydrogens is 279 g/mol. The van der Waals surface area contributed by atoms with Gasteiger partial charge in [-0.05, 0) is 50.7 Å². The lowest BCUT2D eigenvalue weighted by molar-refractivity contribution is 0.273. The van der Waals surface area contributed by atoms with E-state index in [2.05, 4.69) is 45.1 Å². The highest BCUT2D eigenvalue weighted by Crippen LogP contribution is 2.27. The van der Waals surface area contributed by atoms with Crippen LogP contribution >= 0.6 is 23.2 Å². The standard InChI is InChI=1S/C15H24Cl2N2/c1-10(2)15(9-19(4)5)18-11(3)13-8-12(16)6-7-14(13)17/h6-8,10-11,15,18H,9H2,1-5H3. The first-order valence-corrected chi connectivity index (χ1v) is 7.42. The van der Waals surface area contributed by atoms with Crippen LogP contribution < -0.4 is 5.32 Å². The maximum atomic E-state index is 6.25. The van der Waals surface area contributed by atoms with Crippen molar-refractivity contribution in [2.45, 2.75) is 32.9 Å². The number of benzene rings is 1. The highest BCUT2D eigenvalue weighted by molar-refractivity contribution is 6.33. The fraction of sp³-hybridized carbons (Fsp3) is 0.600. The molecule has 108 valence electrons. The second-order valence-electron chi connectivity index (χ2n) is 5.67. The van der Waals surface area contributed by atoms with Gasteiger partial charge in [-0.15, -0.1) is 0 Å². The summed E-state index contributed by atoms with van der Waals surface area (Å²) in [6, 6.07) is 6.21. The van der Waals surface area contributed by atoms with E-state index in [9.17, 15) is 0 Å². The summed E-state index contributed by atoms with van der Waals surface area (Å²) in [4.78, 5) is 2.20. The largest absolute Gasteiger partial charge is 0.308 e. The van der Waals surface area contributed by atoms with Gasteiger partial charge in [0.25, 0.3) is 0 Å². The van der Waals surface area contributed by atoms with Crippen molar-refractivity contribution in [1.29, 1.82) is 0 Å². The molecule has 1 aromatic rings. The molecule has 1 aromatic carbocycles. The summed E-state index contributed by atoms with van der Waals surface area (Å²) >= 11 is 12.3. The van der Waals surface area contributed by atoms with Gasteiger partial charge >= 0.3 is 0 Å². The number of nitrogens with zero attached hydrogens (tertiary/aromatic N) is 1. The molecule has 19 heavy (non-hydrogen) atoms. The molecular formula is C15H24Cl2N2. The van der Waals surface area contributed by atoms with Gasteiger partial charge in [0.2, 0.25) is 0 Å². The summed E-state index contributed by atoms with van der Waals surface area (Å²) in [6.07, 6.45) is 0. The minimum absolute atomic E-state index is 0.179. The molecule has 0 aromatic heterocycles. The Kier molecular flexibility index (Phi) is 6.61. The molecule has 2 nitrogen and oxygen atoms in total. The third-order valence-electron chi connectivity index (χ3n) is 3.26. The smallest absolute Gasteiger partial charge is 0.0454 e. The van der Waals surface area contributed by atoms with Crippen molar-refractivity contribution < 1.29 is 0 Å². The van der Waals surface area contributed by atoms with Gasteiger partial charge in [0.05, 0.1) is 0 Å². The fourth-order valence-corrected chi connectivity index (χ4v) is 2.57. The molecule has 0 aliphatic heterocycles. The molecule has 0 radical (unpaired) electrons. The molecule has 0 aliphatic carbocycles. The van der Waals surface area contributed by atoms with Crippen LogP contribution in [0.15, 0.2) is 18.2 Å². The van der Waals surface area contributed by atoms with Crippen LogP contribution in [0.4, 0.5) is 0 Å². The normalized spacial score (nSPS) is 15.0. The predicted octanol–water partition coefficient (Wildman–Crippen LogP) is 4.23. The van der Waals surface area contributed by atoms with E-state index >= 15 is 0 Å². The van der Waals surface area contributed by atoms with Gasteiger partial charge in [0.15, 0.2) is 0 Å². The van der Waals surface area contributed by atoms with Crippen LogP contribution in [0.1, 0.15) is 32.4 Å². The van der Waals surface area contributed by atoms with Gasteiger partial charge in [-0.2, -0.15) is 0 Å². The Morgan fingerprint density at radius 2 is 1.79 bits per heavy atom. The first-order chi connectivity index (χ1) is 8.81. The van der Waals surface area contributed by atoms with Gasteiger partial charge < -0.3 is 10.2 Å². The summed E-state index contributed by atoms with van der Waals surface area (Å²) in [7, 11) is 4.18. The lowest BCUT2D eigenvalue weighted by Gasteiger charge is -2.29. The molecule has 0 fully saturated rings. The van der Waals surface area contributed by atoms with E-state index in [1.165, 1.54) is 0 Å². The van der Waals surface area contributed by atoms with Crippen LogP contribution in [-0.2, 0) is 0 Å². The van der Waals surface area contributed by atoms with E-state index in [1.54, 1.807) is 0 Å². The summed E-state index contributed by atoms with van der Waals surface area (Å²) in [6.45, 7) is 7.59. The SMILES string of the molecule is CC(NC(CN(C)C)C(C)C)c1cc(Cl)ccc1Cl. The Morgan fingerprint density at radius 3 is 2.32 bits per heavy atom. The summed E-state index contributed by atoms with van der Waals surface area (Å²) in [5, 5.41) is 5.13. The summed E-state index contributed by atoms with van der Waals surface area (Å²) < 4.78 is 0. The number of halogens is 2. The molecule has 1 rings (SSSR count). The van der Waals surface area contributed by atoms with Gasteiger partial charge in [0.1, 0.15) is 0 Å². The molecule has 0 aliphatic rings. The lowest BCUT2D eigenvalue weighted by Crippen LogP contribution is -2.43. The monoisotopic (exact) mass is 302 g/mol. The molecule has 0 spiro atoms. The number of nitrogens with one attached hydrogen (secondary N) is 1. The highest BCUT2D eigenvalue weighted by atomic mass is 35.5. The van der Waals surface area contributed by atoms with Crippen LogP contribution in [0.25, 0.3) is 0 Å². The average molecular weight is 303 g/mol. The second-order valence-corrected chi connectivity index (χ2v) is 6.51. The first-order valence-electron chi connectivity index (χ1n) is 6.67. The van der Waals surface area contributed by atoms with Crippen LogP contribution in [0.5, 0.6) is 0 Å². The second kappa shape index (κ2) is 7.49. The van der Waals surface area contributed by atoms with Crippen LogP contribution in [0.2, 0.25) is 10.0 Å². The Hall–Kier alpha value is -0.280. The fourth-order valence-electron chi connectivity index (χ4n) is 2.11. The molecule has 0 saturated heterocycles. The van der Waals surface area contributed by atoms with Crippen molar-refractivity contribution in [1.82, 2.24) is 10.2 Å². The van der Waals surface area contributed by atoms with Gasteiger partial charge in [0, 0.05) is 28.7 Å². The number of hydrogen-bond donors (Lipinski definition) is 1. The molecule has 4 heteroatoms. The summed E-state index contributed by atoms with van der Waals surface area (Å²) in [5.74, 6) is 0.558. The van der Waals surface area contributed by atoms with Crippen LogP contribution in [0.3, 0.4) is 0 Å². The van der Waals surface area contributed by atoms with Crippen molar-refractivity contribution in [2.24, 2.45) is 5.92 Å². The third-order valence-corrected chi connectivity index (χ3v) is 3.83. The Balaban J connectivity index is 2.81. The zero-order valence-corrected chi connectivity index (χ0v) is 13.9. The van der Waals surface area contributed by atoms with Crippen molar-refractivity contribution in [2.75, 3.05) is 20.6 Å². The van der Waals surface area contributed by atoms with E-state index in [-0.39, 0.29) is 6.04 Å². The van der Waals surface area contributed by atoms with E-state index < -0.39 is 0 Å². The predicted molar refractivity (Wildman–Crippen MR) is 85.2 cm³/mol. The van der Waals surface area contributed by atoms with E-state index in [0.29, 0.717) is 12.0 Å². The minimum atomic E-state index is 0.179. The van der Waals surface area contributed by atoms with Crippen molar-refractivity contribution in [3.8, 4) is 0 Å². The molecule has 0 bridgehead atoms. The van der Waals surface area contributed by atoms with Crippen LogP contribution in [-0.4, -0.2) is 31.6 Å². The maximum Gasteiger partial charge on any atom is 0.0454 e. The number of hydrogen-bond acceptors (Lipinski definition) is 2. The topological polar surface area (TPSA) is 15.3 Å². The molecule has 0 saturated carbocycles. The van der Waals surface area contributed by atoms with Crippen molar-refractivity contribution in [3.63, 3.8) is 0 Å². The Morgan fingerprint density at radius 1 is 1.16 bits per heavy atom. The highest BCUT2D eigenvalue weighted by Gasteiger charge is 2.19. The molecule has 0 heterocycles. The quantitative estimate of drug-likeness (QED) is 0.846. The van der Waals surface area contributed by atoms with Crippen molar-refractivity contribution >= 4 is 23.2 Å². The molecule has 0 amide bonds. The van der Waals surface area contributed by atoms with E-state index in [1.807, 2.05) is 18.2 Å². The molecule has 2 unspecified atom stereocenters. The average Bonchev–Trinajstić information content (AvgIpc) is 2.30. The minimum Gasteiger partial charge on any atom is -0.308 e.